The van der Waals surface area contributed by atoms with Crippen molar-refractivity contribution in [1.82, 2.24) is 0 Å². The summed E-state index contributed by atoms with van der Waals surface area (Å²) in [5.41, 5.74) is 2.17. The Kier molecular flexibility index (Phi) is 6.73. The van der Waals surface area contributed by atoms with Gasteiger partial charge in [0, 0.05) is 0 Å². The molecule has 0 bridgehead atoms. The Morgan fingerprint density at radius 2 is 1.78 bits per heavy atom. The van der Waals surface area contributed by atoms with Gasteiger partial charge in [-0.25, -0.2) is 0 Å². The zero-order valence-corrected chi connectivity index (χ0v) is 20.1. The zero-order valence-electron chi connectivity index (χ0n) is 14.5. The van der Waals surface area contributed by atoms with E-state index in [4.69, 9.17) is 6.33 Å². The fraction of sp³-hybridized carbons (Fsp3) is 0.467. The predicted molar refractivity (Wildman–Crippen MR) is 104 cm³/mol. The standard InChI is InChI=1S/C9H7.C3H9OSi.C2H5O.CH3.2ClH.O.H2Si.Ti/c1-2-5-9-7-3-6-8(9)4-1;1-5(2,3)4;1-2-3;;;;;;/h1-7H;1-3H3;2H2,1H3;1H3;2*1H;;1H2;/q;2*-1;;;;;;+2. The minimum Gasteiger partial charge on any atom is -0.147 e. The Morgan fingerprint density at radius 1 is 1.22 bits per heavy atom. The molecule has 1 atom stereocenters. The maximum atomic E-state index is 14.4. The SMILES string of the molecule is CC[O][Ti]([CH3])(=[O])(=[SiH2])([O][Si](C)(C)C)[CH]1C=Cc2ccccc21.Cl.Cl. The van der Waals surface area contributed by atoms with Crippen LogP contribution in [0.2, 0.25) is 24.9 Å². The van der Waals surface area contributed by atoms with E-state index >= 15 is 0 Å². The first-order valence-electron chi connectivity index (χ1n) is 7.53. The molecule has 1 aromatic carbocycles. The van der Waals surface area contributed by atoms with Crippen LogP contribution in [0.3, 0.4) is 0 Å². The second-order valence-corrected chi connectivity index (χ2v) is 30.4. The molecular weight excluding hydrogens is 403 g/mol. The first-order valence-corrected chi connectivity index (χ1v) is 19.3. The van der Waals surface area contributed by atoms with Gasteiger partial charge >= 0.3 is 129 Å². The molecule has 0 aromatic heterocycles. The van der Waals surface area contributed by atoms with Gasteiger partial charge in [0.15, 0.2) is 0 Å². The third-order valence-electron chi connectivity index (χ3n) is 3.93. The largest absolute Gasteiger partial charge is 0.147 e. The monoisotopic (exact) mass is 430 g/mol. The molecule has 0 aliphatic heterocycles. The molecule has 0 saturated heterocycles. The van der Waals surface area contributed by atoms with Crippen molar-refractivity contribution in [1.29, 1.82) is 0 Å². The molecule has 0 N–H and O–H groups in total. The van der Waals surface area contributed by atoms with Gasteiger partial charge < -0.3 is 0 Å². The van der Waals surface area contributed by atoms with Crippen LogP contribution in [-0.2, 0) is 23.2 Å². The number of benzene rings is 1. The van der Waals surface area contributed by atoms with Crippen molar-refractivity contribution in [2.24, 2.45) is 0 Å². The van der Waals surface area contributed by atoms with Crippen LogP contribution in [0.4, 0.5) is 0 Å². The Bertz CT molecular complexity index is 774. The predicted octanol–water partition coefficient (Wildman–Crippen LogP) is 4.48. The fourth-order valence-electron chi connectivity index (χ4n) is 3.57. The quantitative estimate of drug-likeness (QED) is 0.645. The van der Waals surface area contributed by atoms with Gasteiger partial charge in [-0.1, -0.05) is 0 Å². The maximum Gasteiger partial charge on any atom is -0.147 e. The van der Waals surface area contributed by atoms with E-state index in [-0.39, 0.29) is 29.0 Å². The molecule has 0 heterocycles. The average Bonchev–Trinajstić information content (AvgIpc) is 2.69. The summed E-state index contributed by atoms with van der Waals surface area (Å²) in [4.78, 5) is 0. The van der Waals surface area contributed by atoms with Crippen molar-refractivity contribution in [3.8, 4) is 0 Å². The Morgan fingerprint density at radius 3 is 2.30 bits per heavy atom. The zero-order chi connectivity index (χ0) is 16.0. The number of halogens is 2. The molecule has 1 aromatic rings. The summed E-state index contributed by atoms with van der Waals surface area (Å²) in [6.45, 7) is 8.47. The molecule has 8 heteroatoms. The van der Waals surface area contributed by atoms with Gasteiger partial charge in [0.1, 0.15) is 0 Å². The van der Waals surface area contributed by atoms with Crippen LogP contribution in [0.1, 0.15) is 22.3 Å². The summed E-state index contributed by atoms with van der Waals surface area (Å²) >= 11 is -5.36. The van der Waals surface area contributed by atoms with Crippen LogP contribution >= 0.6 is 24.8 Å². The molecule has 1 aliphatic rings. The first-order chi connectivity index (χ1) is 9.40. The minimum atomic E-state index is -5.36. The summed E-state index contributed by atoms with van der Waals surface area (Å²) in [6, 6.07) is 8.06. The number of rotatable bonds is 5. The van der Waals surface area contributed by atoms with Gasteiger partial charge in [-0.2, -0.15) is 0 Å². The summed E-state index contributed by atoms with van der Waals surface area (Å²) in [6.07, 6.45) is 4.04. The van der Waals surface area contributed by atoms with Crippen LogP contribution in [-0.4, -0.2) is 22.6 Å². The van der Waals surface area contributed by atoms with Crippen molar-refractivity contribution in [3.05, 3.63) is 41.5 Å². The second-order valence-electron chi connectivity index (χ2n) is 7.61. The molecule has 2 rings (SSSR count). The molecule has 0 saturated carbocycles. The Hall–Kier alpha value is 0.408. The van der Waals surface area contributed by atoms with Gasteiger partial charge in [0.05, 0.1) is 0 Å². The molecule has 23 heavy (non-hydrogen) atoms. The molecule has 0 fully saturated rings. The van der Waals surface area contributed by atoms with E-state index in [0.717, 1.165) is 11.1 Å². The van der Waals surface area contributed by atoms with E-state index in [1.165, 1.54) is 7.63 Å². The smallest absolute Gasteiger partial charge is 0.147 e. The normalized spacial score (nSPS) is 18.2. The van der Waals surface area contributed by atoms with Gasteiger partial charge in [-0.05, 0) is 0 Å². The molecular formula is C15H28Cl2O3Si2Ti. The van der Waals surface area contributed by atoms with Crippen LogP contribution in [0.15, 0.2) is 30.3 Å². The van der Waals surface area contributed by atoms with Crippen molar-refractivity contribution in [2.45, 2.75) is 36.0 Å². The van der Waals surface area contributed by atoms with E-state index in [9.17, 15) is 3.32 Å². The third-order valence-corrected chi connectivity index (χ3v) is 20.9. The minimum absolute atomic E-state index is 0. The average molecular weight is 431 g/mol. The van der Waals surface area contributed by atoms with E-state index < -0.39 is 21.8 Å². The van der Waals surface area contributed by atoms with E-state index in [2.05, 4.69) is 19.6 Å². The van der Waals surface area contributed by atoms with Gasteiger partial charge in [0.25, 0.3) is 0 Å². The molecule has 132 valence electrons. The summed E-state index contributed by atoms with van der Waals surface area (Å²) in [5.74, 6) is 0. The van der Waals surface area contributed by atoms with Crippen molar-refractivity contribution in [3.63, 3.8) is 0 Å². The Labute approximate surface area is 153 Å². The number of hydrogen-bond acceptors (Lipinski definition) is 3. The summed E-state index contributed by atoms with van der Waals surface area (Å²) < 4.78 is 26.5. The van der Waals surface area contributed by atoms with Crippen molar-refractivity contribution < 1.29 is 23.2 Å². The van der Waals surface area contributed by atoms with E-state index in [0.29, 0.717) is 6.61 Å². The summed E-state index contributed by atoms with van der Waals surface area (Å²) in [5, 5.41) is 1.76. The van der Waals surface area contributed by atoms with Crippen LogP contribution in [0.25, 0.3) is 6.08 Å². The topological polar surface area (TPSA) is 35.5 Å². The molecule has 3 nitrogen and oxygen atoms in total. The van der Waals surface area contributed by atoms with Crippen LogP contribution in [0.5, 0.6) is 0 Å². The second kappa shape index (κ2) is 6.61. The molecule has 0 amide bonds. The van der Waals surface area contributed by atoms with Gasteiger partial charge in [0.2, 0.25) is 0 Å². The number of fused-ring (bicyclic) bond motifs is 1. The summed E-state index contributed by atoms with van der Waals surface area (Å²) in [7, 11) is -0.564. The molecule has 0 radical (unpaired) electrons. The van der Waals surface area contributed by atoms with Crippen LogP contribution in [0, 0.1) is 0 Å². The third kappa shape index (κ3) is 4.73. The van der Waals surface area contributed by atoms with E-state index in [1.54, 1.807) is 5.23 Å². The van der Waals surface area contributed by atoms with Crippen molar-refractivity contribution in [2.75, 3.05) is 6.61 Å². The van der Waals surface area contributed by atoms with Crippen molar-refractivity contribution >= 4 is 46.8 Å². The Balaban J connectivity index is 0.00000242. The maximum absolute atomic E-state index is 14.4. The first kappa shape index (κ1) is 23.4. The molecule has 0 spiro atoms. The van der Waals surface area contributed by atoms with E-state index in [1.807, 2.05) is 43.3 Å². The molecule has 1 unspecified atom stereocenters. The number of hydrogen-bond donors (Lipinski definition) is 0. The fourth-order valence-corrected chi connectivity index (χ4v) is 27.6. The van der Waals surface area contributed by atoms with Crippen LogP contribution < -0.4 is 0 Å². The van der Waals surface area contributed by atoms with Gasteiger partial charge in [-0.3, -0.25) is 0 Å². The van der Waals surface area contributed by atoms with Gasteiger partial charge in [-0.15, -0.1) is 24.8 Å². The molecule has 1 aliphatic carbocycles. The number of allylic oxidation sites excluding steroid dienone is 1.